The van der Waals surface area contributed by atoms with Crippen LogP contribution < -0.4 is 0 Å². The maximum atomic E-state index is 12.4. The predicted octanol–water partition coefficient (Wildman–Crippen LogP) is 1.84. The first-order valence-corrected chi connectivity index (χ1v) is 7.02. The van der Waals surface area contributed by atoms with Crippen molar-refractivity contribution in [3.63, 3.8) is 0 Å². The Kier molecular flexibility index (Phi) is 3.60. The number of fused-ring (bicyclic) bond motifs is 1. The molecule has 3 rings (SSSR count). The van der Waals surface area contributed by atoms with Gasteiger partial charge in [-0.05, 0) is 31.4 Å². The van der Waals surface area contributed by atoms with Crippen LogP contribution >= 0.6 is 0 Å². The molecule has 1 aliphatic heterocycles. The monoisotopic (exact) mass is 288 g/mol. The quantitative estimate of drug-likeness (QED) is 0.931. The molecular formula is C15H16N2O4. The van der Waals surface area contributed by atoms with Crippen LogP contribution in [0.4, 0.5) is 0 Å². The molecule has 1 N–H and O–H groups in total. The summed E-state index contributed by atoms with van der Waals surface area (Å²) in [6.07, 6.45) is 2.27. The minimum Gasteiger partial charge on any atom is -0.480 e. The molecular weight excluding hydrogens is 272 g/mol. The second-order valence-electron chi connectivity index (χ2n) is 5.24. The van der Waals surface area contributed by atoms with Gasteiger partial charge in [-0.1, -0.05) is 17.3 Å². The van der Waals surface area contributed by atoms with Crippen molar-refractivity contribution >= 4 is 22.8 Å². The average Bonchev–Trinajstić information content (AvgIpc) is 2.90. The van der Waals surface area contributed by atoms with E-state index in [4.69, 9.17) is 4.52 Å². The smallest absolute Gasteiger partial charge is 0.326 e. The molecule has 0 saturated carbocycles. The molecule has 1 atom stereocenters. The number of para-hydroxylation sites is 1. The first-order chi connectivity index (χ1) is 10.2. The number of hydrogen-bond acceptors (Lipinski definition) is 4. The molecule has 0 bridgehead atoms. The zero-order valence-electron chi connectivity index (χ0n) is 11.5. The molecule has 0 unspecified atom stereocenters. The number of nitrogens with zero attached hydrogens (tertiary/aromatic N) is 2. The Labute approximate surface area is 121 Å². The van der Waals surface area contributed by atoms with E-state index in [1.807, 2.05) is 18.2 Å². The van der Waals surface area contributed by atoms with Crippen molar-refractivity contribution in [2.75, 3.05) is 6.54 Å². The molecule has 6 nitrogen and oxygen atoms in total. The fourth-order valence-electron chi connectivity index (χ4n) is 2.80. The highest BCUT2D eigenvalue weighted by Crippen LogP contribution is 2.22. The Hall–Kier alpha value is -2.37. The van der Waals surface area contributed by atoms with Crippen LogP contribution in [0.25, 0.3) is 11.0 Å². The van der Waals surface area contributed by atoms with E-state index in [2.05, 4.69) is 5.16 Å². The largest absolute Gasteiger partial charge is 0.480 e. The van der Waals surface area contributed by atoms with Gasteiger partial charge in [0.1, 0.15) is 11.7 Å². The lowest BCUT2D eigenvalue weighted by atomic mass is 10.0. The van der Waals surface area contributed by atoms with Crippen LogP contribution in [-0.4, -0.2) is 39.6 Å². The molecule has 0 aliphatic carbocycles. The SMILES string of the molecule is O=C(O)[C@H]1CCCCN1C(=O)Cc1noc2ccccc12. The van der Waals surface area contributed by atoms with Gasteiger partial charge in [-0.15, -0.1) is 0 Å². The summed E-state index contributed by atoms with van der Waals surface area (Å²) < 4.78 is 5.17. The van der Waals surface area contributed by atoms with Crippen molar-refractivity contribution in [1.82, 2.24) is 10.1 Å². The summed E-state index contributed by atoms with van der Waals surface area (Å²) in [5.41, 5.74) is 1.19. The molecule has 1 aromatic carbocycles. The Bertz CT molecular complexity index is 679. The lowest BCUT2D eigenvalue weighted by Gasteiger charge is -2.32. The normalized spacial score (nSPS) is 18.9. The van der Waals surface area contributed by atoms with E-state index >= 15 is 0 Å². The summed E-state index contributed by atoms with van der Waals surface area (Å²) in [6, 6.07) is 6.61. The molecule has 21 heavy (non-hydrogen) atoms. The molecule has 2 aromatic rings. The van der Waals surface area contributed by atoms with Gasteiger partial charge in [-0.2, -0.15) is 0 Å². The summed E-state index contributed by atoms with van der Waals surface area (Å²) in [7, 11) is 0. The zero-order valence-corrected chi connectivity index (χ0v) is 11.5. The van der Waals surface area contributed by atoms with E-state index in [-0.39, 0.29) is 12.3 Å². The molecule has 2 heterocycles. The minimum atomic E-state index is -0.937. The van der Waals surface area contributed by atoms with Crippen LogP contribution in [-0.2, 0) is 16.0 Å². The van der Waals surface area contributed by atoms with Gasteiger partial charge in [0.05, 0.1) is 6.42 Å². The van der Waals surface area contributed by atoms with Gasteiger partial charge in [0, 0.05) is 11.9 Å². The van der Waals surface area contributed by atoms with Crippen molar-refractivity contribution in [3.8, 4) is 0 Å². The van der Waals surface area contributed by atoms with Crippen LogP contribution in [0.1, 0.15) is 25.0 Å². The Morgan fingerprint density at radius 2 is 2.14 bits per heavy atom. The number of benzene rings is 1. The van der Waals surface area contributed by atoms with Crippen LogP contribution in [0.5, 0.6) is 0 Å². The van der Waals surface area contributed by atoms with Crippen LogP contribution in [0.15, 0.2) is 28.8 Å². The second kappa shape index (κ2) is 5.55. The Balaban J connectivity index is 1.80. The highest BCUT2D eigenvalue weighted by atomic mass is 16.5. The molecule has 6 heteroatoms. The molecule has 0 spiro atoms. The predicted molar refractivity (Wildman–Crippen MR) is 74.7 cm³/mol. The summed E-state index contributed by atoms with van der Waals surface area (Å²) in [5, 5.41) is 14.0. The summed E-state index contributed by atoms with van der Waals surface area (Å²) in [4.78, 5) is 25.1. The number of aliphatic carboxylic acids is 1. The van der Waals surface area contributed by atoms with Crippen molar-refractivity contribution in [3.05, 3.63) is 30.0 Å². The standard InChI is InChI=1S/C15H16N2O4/c18-14(17-8-4-3-6-12(17)15(19)20)9-11-10-5-1-2-7-13(10)21-16-11/h1-2,5,7,12H,3-4,6,8-9H2,(H,19,20)/t12-/m1/s1. The number of likely N-dealkylation sites (tertiary alicyclic amines) is 1. The number of carboxylic acid groups (broad SMARTS) is 1. The number of carbonyl (C=O) groups excluding carboxylic acids is 1. The fraction of sp³-hybridized carbons (Fsp3) is 0.400. The lowest BCUT2D eigenvalue weighted by Crippen LogP contribution is -2.48. The molecule has 1 aromatic heterocycles. The number of carbonyl (C=O) groups is 2. The summed E-state index contributed by atoms with van der Waals surface area (Å²) >= 11 is 0. The number of carboxylic acids is 1. The van der Waals surface area contributed by atoms with Crippen molar-refractivity contribution < 1.29 is 19.2 Å². The number of aromatic nitrogens is 1. The van der Waals surface area contributed by atoms with E-state index in [1.54, 1.807) is 6.07 Å². The fourth-order valence-corrected chi connectivity index (χ4v) is 2.80. The molecule has 1 saturated heterocycles. The Morgan fingerprint density at radius 1 is 1.33 bits per heavy atom. The molecule has 1 amide bonds. The van der Waals surface area contributed by atoms with E-state index in [1.165, 1.54) is 4.90 Å². The van der Waals surface area contributed by atoms with E-state index in [9.17, 15) is 14.7 Å². The van der Waals surface area contributed by atoms with E-state index in [0.717, 1.165) is 18.2 Å². The first-order valence-electron chi connectivity index (χ1n) is 7.02. The van der Waals surface area contributed by atoms with E-state index in [0.29, 0.717) is 24.2 Å². The van der Waals surface area contributed by atoms with Gasteiger partial charge in [0.15, 0.2) is 5.58 Å². The van der Waals surface area contributed by atoms with Crippen molar-refractivity contribution in [1.29, 1.82) is 0 Å². The third kappa shape index (κ3) is 2.61. The highest BCUT2D eigenvalue weighted by Gasteiger charge is 2.32. The van der Waals surface area contributed by atoms with Crippen molar-refractivity contribution in [2.45, 2.75) is 31.7 Å². The molecule has 110 valence electrons. The molecule has 1 aliphatic rings. The van der Waals surface area contributed by atoms with Crippen LogP contribution in [0.3, 0.4) is 0 Å². The van der Waals surface area contributed by atoms with Gasteiger partial charge < -0.3 is 14.5 Å². The van der Waals surface area contributed by atoms with Gasteiger partial charge in [-0.3, -0.25) is 4.79 Å². The summed E-state index contributed by atoms with van der Waals surface area (Å²) in [5.74, 6) is -1.14. The van der Waals surface area contributed by atoms with Crippen LogP contribution in [0.2, 0.25) is 0 Å². The Morgan fingerprint density at radius 3 is 2.95 bits per heavy atom. The minimum absolute atomic E-state index is 0.0702. The highest BCUT2D eigenvalue weighted by molar-refractivity contribution is 5.88. The van der Waals surface area contributed by atoms with Gasteiger partial charge >= 0.3 is 5.97 Å². The maximum absolute atomic E-state index is 12.4. The lowest BCUT2D eigenvalue weighted by molar-refractivity contribution is -0.151. The van der Waals surface area contributed by atoms with Gasteiger partial charge in [0.2, 0.25) is 5.91 Å². The first kappa shape index (κ1) is 13.6. The van der Waals surface area contributed by atoms with Gasteiger partial charge in [0.25, 0.3) is 0 Å². The number of piperidine rings is 1. The van der Waals surface area contributed by atoms with Crippen molar-refractivity contribution in [2.24, 2.45) is 0 Å². The molecule has 0 radical (unpaired) electrons. The molecule has 1 fully saturated rings. The van der Waals surface area contributed by atoms with E-state index < -0.39 is 12.0 Å². The third-order valence-electron chi connectivity index (χ3n) is 3.88. The van der Waals surface area contributed by atoms with Crippen LogP contribution in [0, 0.1) is 0 Å². The summed E-state index contributed by atoms with van der Waals surface area (Å²) in [6.45, 7) is 0.492. The second-order valence-corrected chi connectivity index (χ2v) is 5.24. The number of rotatable bonds is 3. The number of hydrogen-bond donors (Lipinski definition) is 1. The topological polar surface area (TPSA) is 83.6 Å². The average molecular weight is 288 g/mol. The number of amides is 1. The van der Waals surface area contributed by atoms with Gasteiger partial charge in [-0.25, -0.2) is 4.79 Å². The third-order valence-corrected chi connectivity index (χ3v) is 3.88. The zero-order chi connectivity index (χ0) is 14.8. The maximum Gasteiger partial charge on any atom is 0.326 e.